The molecule has 37 heavy (non-hydrogen) atoms. The lowest BCUT2D eigenvalue weighted by Gasteiger charge is -2.34. The van der Waals surface area contributed by atoms with Gasteiger partial charge in [-0.3, -0.25) is 4.79 Å². The summed E-state index contributed by atoms with van der Waals surface area (Å²) < 4.78 is 35.6. The molecule has 2 nitrogen and oxygen atoms in total. The van der Waals surface area contributed by atoms with E-state index in [1.165, 1.54) is 12.1 Å². The highest BCUT2D eigenvalue weighted by Gasteiger charge is 2.46. The number of ether oxygens (including phenoxy) is 1. The van der Waals surface area contributed by atoms with Gasteiger partial charge in [-0.15, -0.1) is 0 Å². The molecular weight excluding hydrogens is 534 g/mol. The monoisotopic (exact) mass is 552 g/mol. The summed E-state index contributed by atoms with van der Waals surface area (Å²) in [6, 6.07) is 32.8. The number of hydrogen-bond donors (Lipinski definition) is 0. The van der Waals surface area contributed by atoms with Crippen molar-refractivity contribution < 1.29 is 18.3 Å². The molecule has 6 rings (SSSR count). The Labute approximate surface area is 221 Å². The first-order valence-corrected chi connectivity index (χ1v) is 12.5. The summed E-state index contributed by atoms with van der Waals surface area (Å²) >= 11 is 3.62. The molecule has 0 saturated carbocycles. The van der Waals surface area contributed by atoms with Gasteiger partial charge in [-0.05, 0) is 94.0 Å². The van der Waals surface area contributed by atoms with Gasteiger partial charge in [0.1, 0.15) is 17.8 Å². The standard InChI is InChI=1S/C32H19BrF2O2/c33-23-10-15-27-26-3-1-2-4-28(26)32(29(27)18-23,22-9-16-30(34)31(35)17-22)21-7-13-25(14-8-21)37-24-11-5-20(19-36)6-12-24/h1-19H. The fourth-order valence-corrected chi connectivity index (χ4v) is 5.65. The van der Waals surface area contributed by atoms with Crippen LogP contribution in [0.4, 0.5) is 8.78 Å². The van der Waals surface area contributed by atoms with Gasteiger partial charge in [-0.25, -0.2) is 8.78 Å². The number of rotatable bonds is 5. The predicted molar refractivity (Wildman–Crippen MR) is 143 cm³/mol. The highest BCUT2D eigenvalue weighted by molar-refractivity contribution is 9.10. The Balaban J connectivity index is 1.55. The van der Waals surface area contributed by atoms with E-state index in [2.05, 4.69) is 34.1 Å². The number of carbonyl (C=O) groups excluding carboxylic acids is 1. The first-order chi connectivity index (χ1) is 18.0. The molecule has 5 heteroatoms. The van der Waals surface area contributed by atoms with E-state index < -0.39 is 17.0 Å². The zero-order chi connectivity index (χ0) is 25.6. The van der Waals surface area contributed by atoms with Crippen LogP contribution < -0.4 is 4.74 Å². The van der Waals surface area contributed by atoms with Crippen molar-refractivity contribution >= 4 is 22.2 Å². The molecule has 1 unspecified atom stereocenters. The molecule has 0 fully saturated rings. The Morgan fingerprint density at radius 1 is 0.649 bits per heavy atom. The maximum Gasteiger partial charge on any atom is 0.159 e. The van der Waals surface area contributed by atoms with Crippen LogP contribution in [-0.4, -0.2) is 6.29 Å². The van der Waals surface area contributed by atoms with Crippen LogP contribution in [0.3, 0.4) is 0 Å². The minimum Gasteiger partial charge on any atom is -0.457 e. The Bertz CT molecular complexity index is 1650. The second-order valence-corrected chi connectivity index (χ2v) is 9.84. The van der Waals surface area contributed by atoms with E-state index in [1.807, 2.05) is 48.5 Å². The van der Waals surface area contributed by atoms with Crippen LogP contribution in [0.25, 0.3) is 11.1 Å². The van der Waals surface area contributed by atoms with E-state index in [0.717, 1.165) is 38.6 Å². The average molecular weight is 553 g/mol. The fourth-order valence-electron chi connectivity index (χ4n) is 5.29. The number of fused-ring (bicyclic) bond motifs is 3. The lowest BCUT2D eigenvalue weighted by Crippen LogP contribution is -2.28. The zero-order valence-corrected chi connectivity index (χ0v) is 21.0. The highest BCUT2D eigenvalue weighted by Crippen LogP contribution is 2.56. The van der Waals surface area contributed by atoms with Crippen molar-refractivity contribution in [2.75, 3.05) is 0 Å². The van der Waals surface area contributed by atoms with E-state index in [4.69, 9.17) is 4.74 Å². The summed E-state index contributed by atoms with van der Waals surface area (Å²) in [7, 11) is 0. The molecular formula is C32H19BrF2O2. The molecule has 0 aliphatic heterocycles. The van der Waals surface area contributed by atoms with E-state index in [1.54, 1.807) is 30.3 Å². The van der Waals surface area contributed by atoms with E-state index in [0.29, 0.717) is 22.6 Å². The molecule has 5 aromatic rings. The third-order valence-electron chi connectivity index (χ3n) is 6.90. The Kier molecular flexibility index (Phi) is 5.73. The Hall–Kier alpha value is -4.09. The molecule has 0 amide bonds. The van der Waals surface area contributed by atoms with Gasteiger partial charge >= 0.3 is 0 Å². The summed E-state index contributed by atoms with van der Waals surface area (Å²) in [5, 5.41) is 0. The lowest BCUT2D eigenvalue weighted by molar-refractivity contribution is 0.112. The van der Waals surface area contributed by atoms with Crippen molar-refractivity contribution in [3.8, 4) is 22.6 Å². The molecule has 0 bridgehead atoms. The maximum atomic E-state index is 14.7. The van der Waals surface area contributed by atoms with Crippen LogP contribution in [-0.2, 0) is 5.41 Å². The summed E-state index contributed by atoms with van der Waals surface area (Å²) in [4.78, 5) is 10.9. The number of aldehydes is 1. The van der Waals surface area contributed by atoms with Gasteiger partial charge in [0.25, 0.3) is 0 Å². The Morgan fingerprint density at radius 3 is 2.00 bits per heavy atom. The molecule has 5 aromatic carbocycles. The smallest absolute Gasteiger partial charge is 0.159 e. The molecule has 0 spiro atoms. The van der Waals surface area contributed by atoms with E-state index >= 15 is 0 Å². The van der Waals surface area contributed by atoms with Crippen molar-refractivity contribution in [2.24, 2.45) is 0 Å². The Morgan fingerprint density at radius 2 is 1.30 bits per heavy atom. The third kappa shape index (κ3) is 3.78. The van der Waals surface area contributed by atoms with Gasteiger partial charge in [0.2, 0.25) is 0 Å². The topological polar surface area (TPSA) is 26.3 Å². The van der Waals surface area contributed by atoms with Crippen molar-refractivity contribution in [1.29, 1.82) is 0 Å². The quantitative estimate of drug-likeness (QED) is 0.200. The van der Waals surface area contributed by atoms with Gasteiger partial charge in [0, 0.05) is 10.0 Å². The molecule has 0 saturated heterocycles. The average Bonchev–Trinajstić information content (AvgIpc) is 3.21. The lowest BCUT2D eigenvalue weighted by atomic mass is 9.67. The van der Waals surface area contributed by atoms with Crippen LogP contribution in [0.1, 0.15) is 32.6 Å². The highest BCUT2D eigenvalue weighted by atomic mass is 79.9. The van der Waals surface area contributed by atoms with Gasteiger partial charge in [-0.2, -0.15) is 0 Å². The number of hydrogen-bond acceptors (Lipinski definition) is 2. The predicted octanol–water partition coefficient (Wildman–Crippen LogP) is 8.70. The molecule has 0 radical (unpaired) electrons. The third-order valence-corrected chi connectivity index (χ3v) is 7.39. The molecule has 0 heterocycles. The SMILES string of the molecule is O=Cc1ccc(Oc2ccc(C3(c4ccc(F)c(F)c4)c4ccccc4-c4ccc(Br)cc43)cc2)cc1. The van der Waals surface area contributed by atoms with E-state index in [-0.39, 0.29) is 0 Å². The van der Waals surface area contributed by atoms with Crippen molar-refractivity contribution in [3.63, 3.8) is 0 Å². The molecule has 1 aliphatic carbocycles. The van der Waals surface area contributed by atoms with E-state index in [9.17, 15) is 13.6 Å². The summed E-state index contributed by atoms with van der Waals surface area (Å²) in [5.74, 6) is -0.557. The molecule has 0 N–H and O–H groups in total. The van der Waals surface area contributed by atoms with Crippen LogP contribution >= 0.6 is 15.9 Å². The fraction of sp³-hybridized carbons (Fsp3) is 0.0312. The number of halogens is 3. The zero-order valence-electron chi connectivity index (χ0n) is 19.4. The second-order valence-electron chi connectivity index (χ2n) is 8.93. The normalized spacial score (nSPS) is 15.6. The largest absolute Gasteiger partial charge is 0.457 e. The minimum absolute atomic E-state index is 0.570. The molecule has 1 atom stereocenters. The first-order valence-electron chi connectivity index (χ1n) is 11.7. The maximum absolute atomic E-state index is 14.7. The molecule has 0 aromatic heterocycles. The molecule has 180 valence electrons. The van der Waals surface area contributed by atoms with Crippen LogP contribution in [0, 0.1) is 11.6 Å². The van der Waals surface area contributed by atoms with Crippen molar-refractivity contribution in [3.05, 3.63) is 153 Å². The van der Waals surface area contributed by atoms with Crippen LogP contribution in [0.15, 0.2) is 114 Å². The van der Waals surface area contributed by atoms with Gasteiger partial charge < -0.3 is 4.74 Å². The van der Waals surface area contributed by atoms with Crippen LogP contribution in [0.2, 0.25) is 0 Å². The van der Waals surface area contributed by atoms with Gasteiger partial charge in [0.05, 0.1) is 5.41 Å². The van der Waals surface area contributed by atoms with Crippen molar-refractivity contribution in [2.45, 2.75) is 5.41 Å². The number of benzene rings is 5. The number of carbonyl (C=O) groups is 1. The van der Waals surface area contributed by atoms with Gasteiger partial charge in [-0.1, -0.05) is 64.5 Å². The second kappa shape index (κ2) is 9.09. The van der Waals surface area contributed by atoms with Crippen LogP contribution in [0.5, 0.6) is 11.5 Å². The minimum atomic E-state index is -0.892. The summed E-state index contributed by atoms with van der Waals surface area (Å²) in [5.41, 5.74) is 5.29. The summed E-state index contributed by atoms with van der Waals surface area (Å²) in [6.45, 7) is 0. The van der Waals surface area contributed by atoms with Crippen molar-refractivity contribution in [1.82, 2.24) is 0 Å². The molecule has 1 aliphatic rings. The first kappa shape index (κ1) is 23.3. The van der Waals surface area contributed by atoms with Gasteiger partial charge in [0.15, 0.2) is 11.6 Å². The summed E-state index contributed by atoms with van der Waals surface area (Å²) in [6.07, 6.45) is 0.784.